The molecule has 1 rings (SSSR count). The molecule has 0 radical (unpaired) electrons. The smallest absolute Gasteiger partial charge is 0.223 e. The highest BCUT2D eigenvalue weighted by Gasteiger charge is 2.06. The molecule has 0 aromatic heterocycles. The van der Waals surface area contributed by atoms with Crippen LogP contribution in [0.25, 0.3) is 0 Å². The maximum atomic E-state index is 11.3. The van der Waals surface area contributed by atoms with Crippen molar-refractivity contribution in [3.05, 3.63) is 28.2 Å². The van der Waals surface area contributed by atoms with Crippen molar-refractivity contribution in [1.82, 2.24) is 5.32 Å². The van der Waals surface area contributed by atoms with Crippen LogP contribution in [0.3, 0.4) is 0 Å². The molecule has 1 unspecified atom stereocenters. The summed E-state index contributed by atoms with van der Waals surface area (Å²) >= 11 is 3.50. The van der Waals surface area contributed by atoms with E-state index in [0.29, 0.717) is 19.6 Å². The Hall–Kier alpha value is -1.07. The van der Waals surface area contributed by atoms with Gasteiger partial charge in [-0.1, -0.05) is 15.9 Å². The Morgan fingerprint density at radius 2 is 2.26 bits per heavy atom. The van der Waals surface area contributed by atoms with Crippen LogP contribution in [0.5, 0.6) is 5.75 Å². The zero-order valence-corrected chi connectivity index (χ0v) is 13.0. The lowest BCUT2D eigenvalue weighted by Crippen LogP contribution is -2.24. The predicted molar refractivity (Wildman–Crippen MR) is 80.3 cm³/mol. The fraction of sp³-hybridized carbons (Fsp3) is 0.500. The SMILES string of the molecule is CCNC(=O)CCOc1ccc(Br)c(CC(C)N)c1. The Labute approximate surface area is 122 Å². The third-order valence-electron chi connectivity index (χ3n) is 2.53. The fourth-order valence-corrected chi connectivity index (χ4v) is 2.10. The van der Waals surface area contributed by atoms with Gasteiger partial charge in [0, 0.05) is 17.1 Å². The molecular formula is C14H21BrN2O2. The largest absolute Gasteiger partial charge is 0.493 e. The van der Waals surface area contributed by atoms with Crippen molar-refractivity contribution < 1.29 is 9.53 Å². The van der Waals surface area contributed by atoms with E-state index in [9.17, 15) is 4.79 Å². The summed E-state index contributed by atoms with van der Waals surface area (Å²) in [7, 11) is 0. The van der Waals surface area contributed by atoms with E-state index in [2.05, 4.69) is 21.2 Å². The van der Waals surface area contributed by atoms with E-state index in [4.69, 9.17) is 10.5 Å². The summed E-state index contributed by atoms with van der Waals surface area (Å²) in [6.07, 6.45) is 1.15. The second-order valence-corrected chi connectivity index (χ2v) is 5.34. The molecule has 1 aromatic rings. The summed E-state index contributed by atoms with van der Waals surface area (Å²) in [4.78, 5) is 11.3. The first kappa shape index (κ1) is 16.0. The van der Waals surface area contributed by atoms with Crippen molar-refractivity contribution in [1.29, 1.82) is 0 Å². The summed E-state index contributed by atoms with van der Waals surface area (Å²) < 4.78 is 6.61. The molecule has 0 aliphatic carbocycles. The van der Waals surface area contributed by atoms with Crippen LogP contribution in [-0.2, 0) is 11.2 Å². The minimum atomic E-state index is 0.00964. The van der Waals surface area contributed by atoms with Crippen molar-refractivity contribution in [2.45, 2.75) is 32.7 Å². The first-order valence-corrected chi connectivity index (χ1v) is 7.25. The van der Waals surface area contributed by atoms with Crippen LogP contribution in [0.2, 0.25) is 0 Å². The van der Waals surface area contributed by atoms with E-state index in [1.54, 1.807) is 0 Å². The van der Waals surface area contributed by atoms with Crippen molar-refractivity contribution in [3.63, 3.8) is 0 Å². The van der Waals surface area contributed by atoms with Crippen LogP contribution >= 0.6 is 15.9 Å². The Morgan fingerprint density at radius 1 is 1.53 bits per heavy atom. The lowest BCUT2D eigenvalue weighted by atomic mass is 10.1. The summed E-state index contributed by atoms with van der Waals surface area (Å²) in [5, 5.41) is 2.74. The summed E-state index contributed by atoms with van der Waals surface area (Å²) in [5.74, 6) is 0.776. The first-order valence-electron chi connectivity index (χ1n) is 6.46. The molecule has 1 aromatic carbocycles. The number of nitrogens with one attached hydrogen (secondary N) is 1. The van der Waals surface area contributed by atoms with Gasteiger partial charge in [-0.2, -0.15) is 0 Å². The third kappa shape index (κ3) is 6.07. The van der Waals surface area contributed by atoms with E-state index in [1.165, 1.54) is 0 Å². The molecule has 5 heteroatoms. The Bertz CT molecular complexity index is 422. The van der Waals surface area contributed by atoms with Crippen molar-refractivity contribution in [2.24, 2.45) is 5.73 Å². The molecule has 1 atom stereocenters. The number of hydrogen-bond donors (Lipinski definition) is 2. The monoisotopic (exact) mass is 328 g/mol. The molecule has 0 bridgehead atoms. The zero-order valence-electron chi connectivity index (χ0n) is 11.4. The number of carbonyl (C=O) groups is 1. The van der Waals surface area contributed by atoms with Gasteiger partial charge in [-0.15, -0.1) is 0 Å². The average Bonchev–Trinajstić information content (AvgIpc) is 2.33. The normalized spacial score (nSPS) is 12.0. The fourth-order valence-electron chi connectivity index (χ4n) is 1.69. The minimum Gasteiger partial charge on any atom is -0.493 e. The molecular weight excluding hydrogens is 308 g/mol. The molecule has 0 fully saturated rings. The average molecular weight is 329 g/mol. The second kappa shape index (κ2) is 8.17. The van der Waals surface area contributed by atoms with Crippen molar-refractivity contribution >= 4 is 21.8 Å². The summed E-state index contributed by atoms with van der Waals surface area (Å²) in [5.41, 5.74) is 6.92. The van der Waals surface area contributed by atoms with Crippen molar-refractivity contribution in [3.8, 4) is 5.75 Å². The zero-order chi connectivity index (χ0) is 14.3. The first-order chi connectivity index (χ1) is 9.02. The second-order valence-electron chi connectivity index (χ2n) is 4.49. The quantitative estimate of drug-likeness (QED) is 0.806. The maximum Gasteiger partial charge on any atom is 0.223 e. The van der Waals surface area contributed by atoms with Gasteiger partial charge in [0.05, 0.1) is 13.0 Å². The van der Waals surface area contributed by atoms with Gasteiger partial charge >= 0.3 is 0 Å². The number of amides is 1. The van der Waals surface area contributed by atoms with Crippen molar-refractivity contribution in [2.75, 3.05) is 13.2 Å². The molecule has 0 aliphatic heterocycles. The van der Waals surface area contributed by atoms with Gasteiger partial charge < -0.3 is 15.8 Å². The summed E-state index contributed by atoms with van der Waals surface area (Å²) in [6, 6.07) is 5.89. The topological polar surface area (TPSA) is 64.3 Å². The molecule has 1 amide bonds. The molecule has 4 nitrogen and oxygen atoms in total. The molecule has 0 saturated heterocycles. The molecule has 19 heavy (non-hydrogen) atoms. The number of carbonyl (C=O) groups excluding carboxylic acids is 1. The third-order valence-corrected chi connectivity index (χ3v) is 3.30. The lowest BCUT2D eigenvalue weighted by molar-refractivity contribution is -0.121. The van der Waals surface area contributed by atoms with Crippen LogP contribution in [0.15, 0.2) is 22.7 Å². The highest BCUT2D eigenvalue weighted by atomic mass is 79.9. The van der Waals surface area contributed by atoms with Crippen LogP contribution in [0.1, 0.15) is 25.8 Å². The minimum absolute atomic E-state index is 0.00964. The van der Waals surface area contributed by atoms with Crippen LogP contribution in [0.4, 0.5) is 0 Å². The van der Waals surface area contributed by atoms with Gasteiger partial charge in [-0.3, -0.25) is 4.79 Å². The van der Waals surface area contributed by atoms with Gasteiger partial charge in [-0.05, 0) is 44.0 Å². The van der Waals surface area contributed by atoms with E-state index in [1.807, 2.05) is 32.0 Å². The summed E-state index contributed by atoms with van der Waals surface area (Å²) in [6.45, 7) is 4.89. The molecule has 0 heterocycles. The molecule has 106 valence electrons. The molecule has 0 spiro atoms. The standard InChI is InChI=1S/C14H21BrN2O2/c1-3-17-14(18)6-7-19-12-4-5-13(15)11(9-12)8-10(2)16/h4-5,9-10H,3,6-8,16H2,1-2H3,(H,17,18). The van der Waals surface area contributed by atoms with E-state index >= 15 is 0 Å². The number of rotatable bonds is 7. The molecule has 0 saturated carbocycles. The number of hydrogen-bond acceptors (Lipinski definition) is 3. The Kier molecular flexibility index (Phi) is 6.87. The highest BCUT2D eigenvalue weighted by Crippen LogP contribution is 2.23. The van der Waals surface area contributed by atoms with Gasteiger partial charge in [0.15, 0.2) is 0 Å². The van der Waals surface area contributed by atoms with Gasteiger partial charge in [0.25, 0.3) is 0 Å². The molecule has 3 N–H and O–H groups in total. The number of benzene rings is 1. The van der Waals surface area contributed by atoms with E-state index < -0.39 is 0 Å². The van der Waals surface area contributed by atoms with Gasteiger partial charge in [-0.25, -0.2) is 0 Å². The maximum absolute atomic E-state index is 11.3. The van der Waals surface area contributed by atoms with Gasteiger partial charge in [0.2, 0.25) is 5.91 Å². The molecule has 0 aliphatic rings. The van der Waals surface area contributed by atoms with E-state index in [0.717, 1.165) is 22.2 Å². The van der Waals surface area contributed by atoms with Crippen LogP contribution < -0.4 is 15.8 Å². The Balaban J connectivity index is 2.52. The predicted octanol–water partition coefficient (Wildman–Crippen LogP) is 2.24. The number of halogens is 1. The number of ether oxygens (including phenoxy) is 1. The van der Waals surface area contributed by atoms with E-state index in [-0.39, 0.29) is 11.9 Å². The van der Waals surface area contributed by atoms with Crippen LogP contribution in [-0.4, -0.2) is 25.1 Å². The Morgan fingerprint density at radius 3 is 2.89 bits per heavy atom. The van der Waals surface area contributed by atoms with Crippen LogP contribution in [0, 0.1) is 0 Å². The highest BCUT2D eigenvalue weighted by molar-refractivity contribution is 9.10. The van der Waals surface area contributed by atoms with Gasteiger partial charge in [0.1, 0.15) is 5.75 Å². The lowest BCUT2D eigenvalue weighted by Gasteiger charge is -2.11. The number of nitrogens with two attached hydrogens (primary N) is 1.